The van der Waals surface area contributed by atoms with E-state index in [9.17, 15) is 4.79 Å². The molecule has 2 aromatic carbocycles. The zero-order valence-corrected chi connectivity index (χ0v) is 23.7. The van der Waals surface area contributed by atoms with Gasteiger partial charge in [-0.15, -0.1) is 0 Å². The molecule has 5 rings (SSSR count). The Bertz CT molecular complexity index is 1220. The van der Waals surface area contributed by atoms with E-state index in [4.69, 9.17) is 16.3 Å². The highest BCUT2D eigenvalue weighted by Crippen LogP contribution is 2.40. The highest BCUT2D eigenvalue weighted by atomic mass is 35.5. The number of fused-ring (bicyclic) bond motifs is 3. The van der Waals surface area contributed by atoms with Crippen molar-refractivity contribution >= 4 is 28.4 Å². The second kappa shape index (κ2) is 12.6. The van der Waals surface area contributed by atoms with Gasteiger partial charge < -0.3 is 14.6 Å². The summed E-state index contributed by atoms with van der Waals surface area (Å²) in [7, 11) is 1.70. The minimum absolute atomic E-state index is 0.0785. The molecule has 0 saturated carbocycles. The fraction of sp³-hybridized carbons (Fsp3) is 0.531. The Morgan fingerprint density at radius 2 is 1.84 bits per heavy atom. The van der Waals surface area contributed by atoms with E-state index in [1.807, 2.05) is 48.7 Å². The minimum Gasteiger partial charge on any atom is -0.495 e. The number of carbonyl (C=O) groups excluding carboxylic acids is 1. The van der Waals surface area contributed by atoms with Gasteiger partial charge in [-0.1, -0.05) is 68.5 Å². The normalized spacial score (nSPS) is 21.2. The number of ether oxygens (including phenoxy) is 1. The van der Waals surface area contributed by atoms with Crippen molar-refractivity contribution in [3.05, 3.63) is 64.8 Å². The molecule has 6 heteroatoms. The van der Waals surface area contributed by atoms with Gasteiger partial charge in [-0.25, -0.2) is 0 Å². The smallest absolute Gasteiger partial charge is 0.253 e. The van der Waals surface area contributed by atoms with Gasteiger partial charge in [0.1, 0.15) is 5.75 Å². The van der Waals surface area contributed by atoms with Crippen LogP contribution < -0.4 is 10.1 Å². The number of benzene rings is 2. The molecule has 1 N–H and O–H groups in total. The Balaban J connectivity index is 1.24. The molecule has 1 unspecified atom stereocenters. The summed E-state index contributed by atoms with van der Waals surface area (Å²) in [5.41, 5.74) is 2.67. The molecule has 1 amide bonds. The minimum atomic E-state index is -0.0785. The maximum absolute atomic E-state index is 13.3. The van der Waals surface area contributed by atoms with Gasteiger partial charge in [0.05, 0.1) is 18.2 Å². The first-order valence-electron chi connectivity index (χ1n) is 14.5. The van der Waals surface area contributed by atoms with Crippen LogP contribution in [0.2, 0.25) is 5.02 Å². The van der Waals surface area contributed by atoms with Gasteiger partial charge in [0, 0.05) is 48.3 Å². The second-order valence-corrected chi connectivity index (χ2v) is 11.7. The van der Waals surface area contributed by atoms with E-state index in [0.29, 0.717) is 17.1 Å². The van der Waals surface area contributed by atoms with Crippen molar-refractivity contribution < 1.29 is 9.53 Å². The number of aromatic nitrogens is 1. The van der Waals surface area contributed by atoms with Gasteiger partial charge in [0.25, 0.3) is 5.91 Å². The molecule has 2 fully saturated rings. The third kappa shape index (κ3) is 6.05. The summed E-state index contributed by atoms with van der Waals surface area (Å²) in [5, 5.41) is 4.68. The molecule has 3 heterocycles. The molecule has 2 bridgehead atoms. The van der Waals surface area contributed by atoms with Crippen LogP contribution in [0.25, 0.3) is 10.9 Å². The molecule has 3 aromatic rings. The van der Waals surface area contributed by atoms with E-state index in [-0.39, 0.29) is 5.91 Å². The number of amides is 1. The molecule has 1 aromatic heterocycles. The molecule has 0 radical (unpaired) electrons. The molecule has 38 heavy (non-hydrogen) atoms. The number of hydrogen-bond acceptors (Lipinski definition) is 3. The molecule has 2 saturated heterocycles. The van der Waals surface area contributed by atoms with Crippen LogP contribution in [0.5, 0.6) is 5.75 Å². The topological polar surface area (TPSA) is 46.5 Å². The van der Waals surface area contributed by atoms with E-state index < -0.39 is 0 Å². The summed E-state index contributed by atoms with van der Waals surface area (Å²) in [6.07, 6.45) is 14.1. The number of piperidine rings is 1. The Hall–Kier alpha value is -2.50. The van der Waals surface area contributed by atoms with Crippen molar-refractivity contribution in [2.75, 3.05) is 13.7 Å². The lowest BCUT2D eigenvalue weighted by Gasteiger charge is -2.39. The molecular formula is C32H42ClN3O2. The van der Waals surface area contributed by atoms with Crippen LogP contribution in [-0.2, 0) is 13.1 Å². The van der Waals surface area contributed by atoms with Gasteiger partial charge in [-0.05, 0) is 61.8 Å². The van der Waals surface area contributed by atoms with Crippen molar-refractivity contribution in [3.63, 3.8) is 0 Å². The lowest BCUT2D eigenvalue weighted by Crippen LogP contribution is -2.43. The molecule has 204 valence electrons. The summed E-state index contributed by atoms with van der Waals surface area (Å²) < 4.78 is 7.94. The lowest BCUT2D eigenvalue weighted by atomic mass is 9.86. The van der Waals surface area contributed by atoms with Crippen molar-refractivity contribution in [1.82, 2.24) is 14.8 Å². The molecule has 2 aliphatic rings. The average molecular weight is 536 g/mol. The number of para-hydroxylation sites is 1. The summed E-state index contributed by atoms with van der Waals surface area (Å²) in [5.74, 6) is 1.66. The quantitative estimate of drug-likeness (QED) is 0.245. The number of carbonyl (C=O) groups is 1. The summed E-state index contributed by atoms with van der Waals surface area (Å²) in [6.45, 7) is 4.73. The largest absolute Gasteiger partial charge is 0.495 e. The number of unbranched alkanes of at least 4 members (excludes halogenated alkanes) is 2. The number of rotatable bonds is 12. The van der Waals surface area contributed by atoms with Crippen LogP contribution in [0.3, 0.4) is 0 Å². The van der Waals surface area contributed by atoms with Crippen LogP contribution in [0.4, 0.5) is 0 Å². The van der Waals surface area contributed by atoms with Crippen molar-refractivity contribution in [2.24, 2.45) is 5.92 Å². The third-order valence-electron chi connectivity index (χ3n) is 8.68. The van der Waals surface area contributed by atoms with E-state index in [1.165, 1.54) is 51.4 Å². The molecule has 3 atom stereocenters. The van der Waals surface area contributed by atoms with Gasteiger partial charge in [0.15, 0.2) is 0 Å². The predicted octanol–water partition coefficient (Wildman–Crippen LogP) is 7.45. The SMILES string of the molecule is CCCCCC1C[C@H]2CC[C@@H](C1)N2CCCn1cc(C(=O)NCc2cccc(Cl)c2)c2cccc(OC)c21. The molecule has 2 aliphatic heterocycles. The highest BCUT2D eigenvalue weighted by Gasteiger charge is 2.39. The number of nitrogens with one attached hydrogen (secondary N) is 1. The average Bonchev–Trinajstić information content (AvgIpc) is 3.41. The van der Waals surface area contributed by atoms with Crippen molar-refractivity contribution in [3.8, 4) is 5.75 Å². The van der Waals surface area contributed by atoms with Gasteiger partial charge in [-0.3, -0.25) is 9.69 Å². The van der Waals surface area contributed by atoms with Crippen LogP contribution in [-0.4, -0.2) is 41.1 Å². The molecular weight excluding hydrogens is 494 g/mol. The van der Waals surface area contributed by atoms with Gasteiger partial charge in [-0.2, -0.15) is 0 Å². The fourth-order valence-corrected chi connectivity index (χ4v) is 7.08. The van der Waals surface area contributed by atoms with Crippen molar-refractivity contribution in [2.45, 2.75) is 89.9 Å². The Labute approximate surface area is 232 Å². The lowest BCUT2D eigenvalue weighted by molar-refractivity contribution is 0.0952. The fourth-order valence-electron chi connectivity index (χ4n) is 6.87. The van der Waals surface area contributed by atoms with Crippen LogP contribution in [0.15, 0.2) is 48.7 Å². The van der Waals surface area contributed by atoms with Crippen molar-refractivity contribution in [1.29, 1.82) is 0 Å². The maximum Gasteiger partial charge on any atom is 0.253 e. The van der Waals surface area contributed by atoms with Gasteiger partial charge >= 0.3 is 0 Å². The first-order valence-corrected chi connectivity index (χ1v) is 14.9. The molecule has 5 nitrogen and oxygen atoms in total. The third-order valence-corrected chi connectivity index (χ3v) is 8.92. The summed E-state index contributed by atoms with van der Waals surface area (Å²) in [6, 6.07) is 15.1. The second-order valence-electron chi connectivity index (χ2n) is 11.2. The van der Waals surface area contributed by atoms with E-state index in [1.54, 1.807) is 7.11 Å². The predicted molar refractivity (Wildman–Crippen MR) is 156 cm³/mol. The zero-order valence-electron chi connectivity index (χ0n) is 22.9. The number of hydrogen-bond donors (Lipinski definition) is 1. The number of aryl methyl sites for hydroxylation is 1. The molecule has 0 aliphatic carbocycles. The Morgan fingerprint density at radius 1 is 1.05 bits per heavy atom. The first kappa shape index (κ1) is 27.1. The van der Waals surface area contributed by atoms with Crippen LogP contribution in [0, 0.1) is 5.92 Å². The van der Waals surface area contributed by atoms with Gasteiger partial charge in [0.2, 0.25) is 0 Å². The standard InChI is InChI=1S/C32H42ClN3O2/c1-3-4-5-9-23-19-26-14-15-27(20-23)36(26)17-8-16-35-22-29(28-12-7-13-30(38-2)31(28)35)32(37)34-21-24-10-6-11-25(33)18-24/h6-7,10-13,18,22-23,26-27H,3-5,8-9,14-17,19-21H2,1-2H3,(H,34,37)/t23?,26-,27+. The monoisotopic (exact) mass is 535 g/mol. The zero-order chi connectivity index (χ0) is 26.5. The Kier molecular flexibility index (Phi) is 8.96. The molecule has 0 spiro atoms. The first-order chi connectivity index (χ1) is 18.6. The number of halogens is 1. The summed E-state index contributed by atoms with van der Waals surface area (Å²) >= 11 is 6.12. The number of methoxy groups -OCH3 is 1. The number of nitrogens with zero attached hydrogens (tertiary/aromatic N) is 2. The van der Waals surface area contributed by atoms with Crippen LogP contribution in [0.1, 0.15) is 80.6 Å². The van der Waals surface area contributed by atoms with E-state index >= 15 is 0 Å². The highest BCUT2D eigenvalue weighted by molar-refractivity contribution is 6.30. The summed E-state index contributed by atoms with van der Waals surface area (Å²) in [4.78, 5) is 16.1. The maximum atomic E-state index is 13.3. The Morgan fingerprint density at radius 3 is 2.58 bits per heavy atom. The van der Waals surface area contributed by atoms with Crippen LogP contribution >= 0.6 is 11.6 Å². The van der Waals surface area contributed by atoms with E-state index in [0.717, 1.165) is 59.7 Å². The van der Waals surface area contributed by atoms with E-state index in [2.05, 4.69) is 21.7 Å².